The van der Waals surface area contributed by atoms with E-state index in [1.807, 2.05) is 6.92 Å². The largest absolute Gasteiger partial charge is 0.494 e. The minimum absolute atomic E-state index is 0.0377. The molecule has 0 fully saturated rings. The normalized spacial score (nSPS) is 11.5. The van der Waals surface area contributed by atoms with Gasteiger partial charge in [0.05, 0.1) is 23.6 Å². The van der Waals surface area contributed by atoms with Crippen LogP contribution >= 0.6 is 0 Å². The summed E-state index contributed by atoms with van der Waals surface area (Å²) in [5, 5.41) is 0. The first-order valence-electron chi connectivity index (χ1n) is 8.06. The zero-order valence-electron chi connectivity index (χ0n) is 14.1. The second-order valence-corrected chi connectivity index (χ2v) is 7.24. The molecule has 0 aliphatic rings. The van der Waals surface area contributed by atoms with Crippen molar-refractivity contribution in [2.75, 3.05) is 6.61 Å². The van der Waals surface area contributed by atoms with E-state index < -0.39 is 15.8 Å². The molecule has 26 heavy (non-hydrogen) atoms. The summed E-state index contributed by atoms with van der Waals surface area (Å²) in [6.07, 6.45) is 0. The van der Waals surface area contributed by atoms with Crippen LogP contribution in [0.15, 0.2) is 70.0 Å². The molecule has 3 rings (SSSR count). The van der Waals surface area contributed by atoms with Crippen LogP contribution in [0.5, 0.6) is 5.75 Å². The molecule has 0 unspecified atom stereocenters. The monoisotopic (exact) mass is 375 g/mol. The first-order chi connectivity index (χ1) is 12.5. The van der Waals surface area contributed by atoms with Gasteiger partial charge in [0.25, 0.3) is 0 Å². The molecule has 1 aromatic heterocycles. The maximum atomic E-state index is 13.8. The third kappa shape index (κ3) is 4.12. The van der Waals surface area contributed by atoms with Gasteiger partial charge in [0.15, 0.2) is 0 Å². The summed E-state index contributed by atoms with van der Waals surface area (Å²) in [5.41, 5.74) is 0.327. The molecule has 0 aliphatic heterocycles. The predicted molar refractivity (Wildman–Crippen MR) is 95.7 cm³/mol. The standard InChI is InChI=1S/C19H18FNO4S/c1-2-24-14-7-10-16(11-8-14)26(22,23)21-13-15-9-12-19(25-15)17-5-3-4-6-18(17)20/h3-12,21H,2,13H2,1H3. The third-order valence-corrected chi connectivity index (χ3v) is 5.10. The highest BCUT2D eigenvalue weighted by atomic mass is 32.2. The molecule has 0 saturated carbocycles. The molecule has 0 radical (unpaired) electrons. The lowest BCUT2D eigenvalue weighted by Crippen LogP contribution is -2.22. The van der Waals surface area contributed by atoms with E-state index in [-0.39, 0.29) is 11.4 Å². The number of rotatable bonds is 7. The number of nitrogens with one attached hydrogen (secondary N) is 1. The summed E-state index contributed by atoms with van der Waals surface area (Å²) in [5.74, 6) is 0.937. The Morgan fingerprint density at radius 3 is 2.46 bits per heavy atom. The van der Waals surface area contributed by atoms with Gasteiger partial charge in [-0.15, -0.1) is 0 Å². The average Bonchev–Trinajstić information content (AvgIpc) is 3.10. The highest BCUT2D eigenvalue weighted by Gasteiger charge is 2.15. The quantitative estimate of drug-likeness (QED) is 0.679. The van der Waals surface area contributed by atoms with Gasteiger partial charge in [-0.3, -0.25) is 0 Å². The minimum atomic E-state index is -3.69. The van der Waals surface area contributed by atoms with Gasteiger partial charge in [0.1, 0.15) is 23.1 Å². The van der Waals surface area contributed by atoms with Gasteiger partial charge >= 0.3 is 0 Å². The molecule has 136 valence electrons. The molecule has 1 heterocycles. The van der Waals surface area contributed by atoms with Crippen molar-refractivity contribution in [2.24, 2.45) is 0 Å². The predicted octanol–water partition coefficient (Wildman–Crippen LogP) is 3.96. The fraction of sp³-hybridized carbons (Fsp3) is 0.158. The number of hydrogen-bond donors (Lipinski definition) is 1. The first kappa shape index (κ1) is 18.2. The summed E-state index contributed by atoms with van der Waals surface area (Å²) < 4.78 is 51.8. The van der Waals surface area contributed by atoms with Gasteiger partial charge in [-0.05, 0) is 55.5 Å². The molecule has 0 spiro atoms. The molecule has 0 saturated heterocycles. The summed E-state index contributed by atoms with van der Waals surface area (Å²) in [4.78, 5) is 0.127. The summed E-state index contributed by atoms with van der Waals surface area (Å²) in [6, 6.07) is 15.6. The first-order valence-corrected chi connectivity index (χ1v) is 9.54. The fourth-order valence-corrected chi connectivity index (χ4v) is 3.40. The molecule has 0 amide bonds. The molecule has 0 aliphatic carbocycles. The fourth-order valence-electron chi connectivity index (χ4n) is 2.41. The zero-order chi connectivity index (χ0) is 18.6. The van der Waals surface area contributed by atoms with Crippen molar-refractivity contribution in [3.8, 4) is 17.1 Å². The van der Waals surface area contributed by atoms with Crippen molar-refractivity contribution < 1.29 is 22.0 Å². The Morgan fingerprint density at radius 2 is 1.77 bits per heavy atom. The van der Waals surface area contributed by atoms with E-state index in [1.165, 1.54) is 18.2 Å². The van der Waals surface area contributed by atoms with Crippen molar-refractivity contribution in [1.82, 2.24) is 4.72 Å². The number of hydrogen-bond acceptors (Lipinski definition) is 4. The van der Waals surface area contributed by atoms with Crippen molar-refractivity contribution in [2.45, 2.75) is 18.4 Å². The molecule has 7 heteroatoms. The van der Waals surface area contributed by atoms with Crippen LogP contribution in [0.1, 0.15) is 12.7 Å². The number of sulfonamides is 1. The Bertz CT molecular complexity index is 981. The lowest BCUT2D eigenvalue weighted by molar-refractivity contribution is 0.340. The SMILES string of the molecule is CCOc1ccc(S(=O)(=O)NCc2ccc(-c3ccccc3F)o2)cc1. The van der Waals surface area contributed by atoms with Crippen LogP contribution in [0.2, 0.25) is 0 Å². The minimum Gasteiger partial charge on any atom is -0.494 e. The highest BCUT2D eigenvalue weighted by Crippen LogP contribution is 2.25. The van der Waals surface area contributed by atoms with Crippen LogP contribution in [0.25, 0.3) is 11.3 Å². The maximum Gasteiger partial charge on any atom is 0.240 e. The Kier molecular flexibility index (Phi) is 5.39. The number of halogens is 1. The van der Waals surface area contributed by atoms with Crippen LogP contribution in [0.3, 0.4) is 0 Å². The Labute approximate surface area is 151 Å². The van der Waals surface area contributed by atoms with Crippen LogP contribution in [-0.4, -0.2) is 15.0 Å². The van der Waals surface area contributed by atoms with E-state index in [9.17, 15) is 12.8 Å². The van der Waals surface area contributed by atoms with E-state index in [1.54, 1.807) is 42.5 Å². The third-order valence-electron chi connectivity index (χ3n) is 3.68. The van der Waals surface area contributed by atoms with E-state index in [0.717, 1.165) is 0 Å². The van der Waals surface area contributed by atoms with E-state index in [4.69, 9.17) is 9.15 Å². The van der Waals surface area contributed by atoms with Crippen molar-refractivity contribution >= 4 is 10.0 Å². The Balaban J connectivity index is 1.69. The summed E-state index contributed by atoms with van der Waals surface area (Å²) in [7, 11) is -3.69. The van der Waals surface area contributed by atoms with Crippen molar-refractivity contribution in [1.29, 1.82) is 0 Å². The van der Waals surface area contributed by atoms with Crippen LogP contribution in [-0.2, 0) is 16.6 Å². The van der Waals surface area contributed by atoms with E-state index >= 15 is 0 Å². The molecule has 1 N–H and O–H groups in total. The Hall–Kier alpha value is -2.64. The molecule has 0 atom stereocenters. The molecule has 5 nitrogen and oxygen atoms in total. The summed E-state index contributed by atoms with van der Waals surface area (Å²) in [6.45, 7) is 2.32. The van der Waals surface area contributed by atoms with Gasteiger partial charge in [0, 0.05) is 0 Å². The zero-order valence-corrected chi connectivity index (χ0v) is 14.9. The lowest BCUT2D eigenvalue weighted by Gasteiger charge is -2.07. The van der Waals surface area contributed by atoms with Gasteiger partial charge < -0.3 is 9.15 Å². The topological polar surface area (TPSA) is 68.5 Å². The number of furan rings is 1. The highest BCUT2D eigenvalue weighted by molar-refractivity contribution is 7.89. The van der Waals surface area contributed by atoms with Gasteiger partial charge in [-0.2, -0.15) is 0 Å². The number of benzene rings is 2. The van der Waals surface area contributed by atoms with Crippen LogP contribution in [0.4, 0.5) is 4.39 Å². The van der Waals surface area contributed by atoms with E-state index in [0.29, 0.717) is 29.4 Å². The lowest BCUT2D eigenvalue weighted by atomic mass is 10.1. The van der Waals surface area contributed by atoms with Gasteiger partial charge in [-0.25, -0.2) is 17.5 Å². The second kappa shape index (κ2) is 7.72. The molecule has 2 aromatic carbocycles. The smallest absolute Gasteiger partial charge is 0.240 e. The molecule has 3 aromatic rings. The van der Waals surface area contributed by atoms with Crippen LogP contribution < -0.4 is 9.46 Å². The van der Waals surface area contributed by atoms with Gasteiger partial charge in [-0.1, -0.05) is 12.1 Å². The maximum absolute atomic E-state index is 13.8. The van der Waals surface area contributed by atoms with Crippen molar-refractivity contribution in [3.05, 3.63) is 72.2 Å². The molecular weight excluding hydrogens is 357 g/mol. The summed E-state index contributed by atoms with van der Waals surface area (Å²) >= 11 is 0. The average molecular weight is 375 g/mol. The van der Waals surface area contributed by atoms with Crippen LogP contribution in [0, 0.1) is 5.82 Å². The molecular formula is C19H18FNO4S. The van der Waals surface area contributed by atoms with Crippen molar-refractivity contribution in [3.63, 3.8) is 0 Å². The molecule has 0 bridgehead atoms. The number of ether oxygens (including phenoxy) is 1. The van der Waals surface area contributed by atoms with Gasteiger partial charge in [0.2, 0.25) is 10.0 Å². The second-order valence-electron chi connectivity index (χ2n) is 5.47. The Morgan fingerprint density at radius 1 is 1.04 bits per heavy atom. The van der Waals surface area contributed by atoms with E-state index in [2.05, 4.69) is 4.72 Å².